The molecule has 0 radical (unpaired) electrons. The van der Waals surface area contributed by atoms with E-state index in [9.17, 15) is 0 Å². The predicted molar refractivity (Wildman–Crippen MR) is 31.5 cm³/mol. The Bertz CT molecular complexity index is 109. The predicted octanol–water partition coefficient (Wildman–Crippen LogP) is -0.168. The number of likely N-dealkylation sites (N-methyl/N-ethyl adjacent to an activating group) is 1. The highest BCUT2D eigenvalue weighted by Gasteiger charge is 2.02. The van der Waals surface area contributed by atoms with Crippen LogP contribution in [-0.4, -0.2) is 29.6 Å². The van der Waals surface area contributed by atoms with Crippen LogP contribution in [0.1, 0.15) is 6.42 Å². The maximum atomic E-state index is 8.62. The molecule has 2 heteroatoms. The molecule has 1 heterocycles. The highest BCUT2D eigenvalue weighted by Crippen LogP contribution is 2.11. The Balaban J connectivity index is 2.46. The van der Waals surface area contributed by atoms with E-state index in [1.807, 2.05) is 24.3 Å². The summed E-state index contributed by atoms with van der Waals surface area (Å²) in [6.45, 7) is 0.184. The average molecular weight is 112 g/mol. The van der Waals surface area contributed by atoms with E-state index in [1.165, 1.54) is 0 Å². The van der Waals surface area contributed by atoms with Crippen molar-refractivity contribution in [2.24, 2.45) is 0 Å². The zero-order valence-electron chi connectivity index (χ0n) is 4.96. The molecule has 1 aliphatic rings. The molecule has 0 spiro atoms. The third-order valence-electron chi connectivity index (χ3n) is 1.36. The van der Waals surface area contributed by atoms with E-state index in [-0.39, 0.29) is 6.61 Å². The zero-order chi connectivity index (χ0) is 5.98. The van der Waals surface area contributed by atoms with Crippen LogP contribution in [0.25, 0.3) is 0 Å². The van der Waals surface area contributed by atoms with Gasteiger partial charge < -0.3 is 16.1 Å². The maximum absolute atomic E-state index is 8.62. The van der Waals surface area contributed by atoms with Crippen LogP contribution in [0.4, 0.5) is 0 Å². The lowest BCUT2D eigenvalue weighted by molar-refractivity contribution is -0.476. The third-order valence-corrected chi connectivity index (χ3v) is 1.36. The summed E-state index contributed by atoms with van der Waals surface area (Å²) in [5, 5.41) is 8.62. The van der Waals surface area contributed by atoms with Gasteiger partial charge in [0.15, 0.2) is 0 Å². The van der Waals surface area contributed by atoms with E-state index in [0.717, 1.165) is 12.5 Å². The summed E-state index contributed by atoms with van der Waals surface area (Å²) in [6, 6.07) is 1.07. The third kappa shape index (κ3) is 0.793. The average Bonchev–Trinajstić information content (AvgIpc) is 2.14. The van der Waals surface area contributed by atoms with Crippen LogP contribution in [0, 0.1) is 12.5 Å². The zero-order valence-corrected chi connectivity index (χ0v) is 4.96. The summed E-state index contributed by atoms with van der Waals surface area (Å²) in [6.07, 6.45) is 4.91. The van der Waals surface area contributed by atoms with Crippen molar-refractivity contribution in [3.63, 3.8) is 0 Å². The van der Waals surface area contributed by atoms with Gasteiger partial charge in [-0.15, -0.1) is 6.21 Å². The van der Waals surface area contributed by atoms with Crippen molar-refractivity contribution in [3.8, 4) is 0 Å². The van der Waals surface area contributed by atoms with E-state index in [0.29, 0.717) is 0 Å². The van der Waals surface area contributed by atoms with Gasteiger partial charge >= 0.3 is 0 Å². The summed E-state index contributed by atoms with van der Waals surface area (Å²) in [5.41, 5.74) is 0. The summed E-state index contributed by atoms with van der Waals surface area (Å²) < 4.78 is 1.94. The van der Waals surface area contributed by atoms with Crippen LogP contribution >= 0.6 is 0 Å². The van der Waals surface area contributed by atoms with Gasteiger partial charge in [0.2, 0.25) is 0 Å². The molecular formula is C6H10NO-. The van der Waals surface area contributed by atoms with Crippen LogP contribution in [0.5, 0.6) is 0 Å². The number of nitrogens with zero attached hydrogens (tertiary/aromatic N) is 1. The number of hydrogen-bond acceptors (Lipinski definition) is 1. The minimum Gasteiger partial charge on any atom is -0.404 e. The van der Waals surface area contributed by atoms with E-state index in [2.05, 4.69) is 0 Å². The van der Waals surface area contributed by atoms with Crippen LogP contribution in [0.2, 0.25) is 0 Å². The fourth-order valence-corrected chi connectivity index (χ4v) is 0.772. The monoisotopic (exact) mass is 112 g/mol. The molecule has 0 aromatic heterocycles. The second-order valence-corrected chi connectivity index (χ2v) is 1.92. The van der Waals surface area contributed by atoms with Crippen molar-refractivity contribution < 1.29 is 9.68 Å². The van der Waals surface area contributed by atoms with Gasteiger partial charge in [0.05, 0.1) is 6.61 Å². The smallest absolute Gasteiger partial charge is 0.103 e. The molecule has 0 amide bonds. The molecule has 0 aromatic rings. The topological polar surface area (TPSA) is 23.2 Å². The quantitative estimate of drug-likeness (QED) is 0.369. The van der Waals surface area contributed by atoms with Crippen LogP contribution in [0.3, 0.4) is 0 Å². The lowest BCUT2D eigenvalue weighted by Gasteiger charge is -2.13. The molecule has 0 aliphatic carbocycles. The van der Waals surface area contributed by atoms with Crippen molar-refractivity contribution in [2.75, 3.05) is 13.7 Å². The molecule has 0 saturated carbocycles. The Hall–Kier alpha value is -0.630. The molecule has 1 rings (SSSR count). The fourth-order valence-electron chi connectivity index (χ4n) is 0.772. The lowest BCUT2D eigenvalue weighted by Crippen LogP contribution is -2.11. The van der Waals surface area contributed by atoms with Gasteiger partial charge in [-0.2, -0.15) is 6.42 Å². The molecule has 0 atom stereocenters. The second kappa shape index (κ2) is 2.09. The largest absolute Gasteiger partial charge is 0.404 e. The van der Waals surface area contributed by atoms with Gasteiger partial charge in [0.1, 0.15) is 7.05 Å². The summed E-state index contributed by atoms with van der Waals surface area (Å²) in [4.78, 5) is 0. The van der Waals surface area contributed by atoms with Crippen molar-refractivity contribution in [1.82, 2.24) is 0 Å². The van der Waals surface area contributed by atoms with Crippen LogP contribution in [-0.2, 0) is 0 Å². The minimum absolute atomic E-state index is 0.184. The summed E-state index contributed by atoms with van der Waals surface area (Å²) in [5.74, 6) is 0. The molecule has 0 saturated heterocycles. The molecule has 1 N–H and O–H groups in total. The SMILES string of the molecule is C[N+]1=C[CH-]C[C-]1CO. The number of hydrogen-bond donors (Lipinski definition) is 1. The van der Waals surface area contributed by atoms with Gasteiger partial charge in [0, 0.05) is 6.04 Å². The van der Waals surface area contributed by atoms with Crippen molar-refractivity contribution >= 4 is 6.21 Å². The molecule has 8 heavy (non-hydrogen) atoms. The van der Waals surface area contributed by atoms with E-state index in [4.69, 9.17) is 5.11 Å². The Morgan fingerprint density at radius 2 is 2.75 bits per heavy atom. The molecule has 0 unspecified atom stereocenters. The normalized spacial score (nSPS) is 18.2. The Morgan fingerprint density at radius 1 is 2.00 bits per heavy atom. The van der Waals surface area contributed by atoms with Gasteiger partial charge in [-0.1, -0.05) is 0 Å². The Labute approximate surface area is 49.5 Å². The first kappa shape index (κ1) is 5.51. The number of aliphatic hydroxyl groups excluding tert-OH is 1. The number of aliphatic hydroxyl groups is 1. The lowest BCUT2D eigenvalue weighted by atomic mass is 10.2. The van der Waals surface area contributed by atoms with E-state index >= 15 is 0 Å². The number of rotatable bonds is 1. The first-order valence-corrected chi connectivity index (χ1v) is 2.69. The summed E-state index contributed by atoms with van der Waals surface area (Å²) in [7, 11) is 1.94. The Kier molecular flexibility index (Phi) is 1.44. The fraction of sp³-hybridized carbons (Fsp3) is 0.500. The first-order valence-electron chi connectivity index (χ1n) is 2.69. The minimum atomic E-state index is 0.184. The van der Waals surface area contributed by atoms with Crippen molar-refractivity contribution in [2.45, 2.75) is 6.42 Å². The van der Waals surface area contributed by atoms with Crippen LogP contribution in [0.15, 0.2) is 0 Å². The van der Waals surface area contributed by atoms with Gasteiger partial charge in [0.25, 0.3) is 0 Å². The molecule has 0 bridgehead atoms. The molecule has 1 aliphatic heterocycles. The van der Waals surface area contributed by atoms with Crippen molar-refractivity contribution in [3.05, 3.63) is 12.5 Å². The first-order chi connectivity index (χ1) is 3.84. The molecule has 46 valence electrons. The van der Waals surface area contributed by atoms with Crippen molar-refractivity contribution in [1.29, 1.82) is 0 Å². The van der Waals surface area contributed by atoms with E-state index in [1.54, 1.807) is 0 Å². The Morgan fingerprint density at radius 3 is 3.00 bits per heavy atom. The standard InChI is InChI=1S/C6H10NO/c1-7-4-2-3-6(7)5-8/h2,4,8H,3,5H2,1H3/q-1. The molecule has 2 nitrogen and oxygen atoms in total. The van der Waals surface area contributed by atoms with Gasteiger partial charge in [-0.25, -0.2) is 0 Å². The van der Waals surface area contributed by atoms with Crippen LogP contribution < -0.4 is 0 Å². The molecule has 0 fully saturated rings. The molecule has 0 aromatic carbocycles. The highest BCUT2D eigenvalue weighted by atomic mass is 16.3. The van der Waals surface area contributed by atoms with E-state index < -0.39 is 0 Å². The van der Waals surface area contributed by atoms with Gasteiger partial charge in [-0.05, 0) is 0 Å². The maximum Gasteiger partial charge on any atom is 0.103 e. The highest BCUT2D eigenvalue weighted by molar-refractivity contribution is 5.65. The summed E-state index contributed by atoms with van der Waals surface area (Å²) >= 11 is 0. The second-order valence-electron chi connectivity index (χ2n) is 1.92. The molecular weight excluding hydrogens is 102 g/mol. The van der Waals surface area contributed by atoms with Gasteiger partial charge in [-0.3, -0.25) is 0 Å².